The zero-order chi connectivity index (χ0) is 16.1. The summed E-state index contributed by atoms with van der Waals surface area (Å²) >= 11 is 0. The van der Waals surface area contributed by atoms with E-state index in [1.165, 1.54) is 12.1 Å². The van der Waals surface area contributed by atoms with Crippen molar-refractivity contribution < 1.29 is 9.34 Å². The number of furan rings is 1. The van der Waals surface area contributed by atoms with Crippen LogP contribution < -0.4 is 0 Å². The van der Waals surface area contributed by atoms with Crippen LogP contribution in [0, 0.1) is 17.0 Å². The minimum absolute atomic E-state index is 0.316. The van der Waals surface area contributed by atoms with Crippen LogP contribution in [0.3, 0.4) is 0 Å². The van der Waals surface area contributed by atoms with E-state index in [0.717, 1.165) is 13.1 Å². The number of rotatable bonds is 6. The molecule has 0 aromatic carbocycles. The lowest BCUT2D eigenvalue weighted by atomic mass is 10.3. The maximum absolute atomic E-state index is 10.7. The van der Waals surface area contributed by atoms with E-state index in [4.69, 9.17) is 4.42 Å². The topological polar surface area (TPSA) is 97.7 Å². The van der Waals surface area contributed by atoms with Gasteiger partial charge in [0.05, 0.1) is 12.4 Å². The molecule has 0 bridgehead atoms. The minimum atomic E-state index is -0.586. The van der Waals surface area contributed by atoms with Gasteiger partial charge in [0.15, 0.2) is 11.6 Å². The molecule has 0 aliphatic carbocycles. The Morgan fingerprint density at radius 1 is 1.36 bits per heavy atom. The third kappa shape index (κ3) is 3.66. The van der Waals surface area contributed by atoms with E-state index in [-0.39, 0.29) is 5.88 Å². The van der Waals surface area contributed by atoms with Gasteiger partial charge in [-0.05, 0) is 26.8 Å². The van der Waals surface area contributed by atoms with E-state index >= 15 is 0 Å². The zero-order valence-electron chi connectivity index (χ0n) is 12.7. The highest BCUT2D eigenvalue weighted by atomic mass is 16.6. The van der Waals surface area contributed by atoms with Gasteiger partial charge in [-0.25, -0.2) is 15.0 Å². The number of aromatic nitrogens is 2. The smallest absolute Gasteiger partial charge is 0.399 e. The van der Waals surface area contributed by atoms with Crippen LogP contribution in [0.5, 0.6) is 0 Å². The predicted molar refractivity (Wildman–Crippen MR) is 82.2 cm³/mol. The second-order valence-corrected chi connectivity index (χ2v) is 4.52. The molecule has 0 radical (unpaired) electrons. The normalized spacial score (nSPS) is 11.0. The molecule has 2 aromatic rings. The van der Waals surface area contributed by atoms with Crippen molar-refractivity contribution in [1.29, 1.82) is 0 Å². The molecule has 2 heterocycles. The fraction of sp³-hybridized carbons (Fsp3) is 0.357. The average Bonchev–Trinajstić information content (AvgIpc) is 2.98. The third-order valence-electron chi connectivity index (χ3n) is 3.01. The molecule has 0 saturated carbocycles. The van der Waals surface area contributed by atoms with Gasteiger partial charge in [0.2, 0.25) is 0 Å². The van der Waals surface area contributed by atoms with Crippen LogP contribution in [0.1, 0.15) is 19.7 Å². The van der Waals surface area contributed by atoms with E-state index in [1.807, 2.05) is 18.7 Å². The summed E-state index contributed by atoms with van der Waals surface area (Å²) in [4.78, 5) is 24.9. The Hall–Kier alpha value is -2.77. The van der Waals surface area contributed by atoms with Gasteiger partial charge in [-0.1, -0.05) is 0 Å². The van der Waals surface area contributed by atoms with Gasteiger partial charge < -0.3 is 9.32 Å². The molecule has 0 N–H and O–H groups in total. The highest BCUT2D eigenvalue weighted by molar-refractivity contribution is 5.63. The second kappa shape index (κ2) is 6.79. The molecular formula is C14H17N5O3. The van der Waals surface area contributed by atoms with Crippen molar-refractivity contribution in [2.75, 3.05) is 13.1 Å². The lowest BCUT2D eigenvalue weighted by molar-refractivity contribution is -0.401. The molecule has 116 valence electrons. The van der Waals surface area contributed by atoms with Crippen LogP contribution in [0.2, 0.25) is 0 Å². The molecular weight excluding hydrogens is 286 g/mol. The Balaban J connectivity index is 2.31. The molecule has 0 fully saturated rings. The summed E-state index contributed by atoms with van der Waals surface area (Å²) < 4.78 is 5.16. The summed E-state index contributed by atoms with van der Waals surface area (Å²) in [5.74, 6) is 0.993. The number of nitrogens with zero attached hydrogens (tertiary/aromatic N) is 5. The first-order valence-corrected chi connectivity index (χ1v) is 6.92. The Morgan fingerprint density at radius 2 is 2.09 bits per heavy atom. The lowest BCUT2D eigenvalue weighted by Gasteiger charge is -2.13. The molecule has 0 spiro atoms. The number of aliphatic imine (C=N–C) groups is 1. The van der Waals surface area contributed by atoms with Gasteiger partial charge in [-0.2, -0.15) is 0 Å². The molecule has 0 amide bonds. The van der Waals surface area contributed by atoms with Gasteiger partial charge in [0.1, 0.15) is 16.4 Å². The average molecular weight is 303 g/mol. The Bertz CT molecular complexity index is 692. The van der Waals surface area contributed by atoms with Crippen molar-refractivity contribution in [3.63, 3.8) is 0 Å². The zero-order valence-corrected chi connectivity index (χ0v) is 12.7. The first kappa shape index (κ1) is 15.6. The lowest BCUT2D eigenvalue weighted by Crippen LogP contribution is -2.20. The molecule has 0 aliphatic heterocycles. The number of nitro groups is 1. The minimum Gasteiger partial charge on any atom is -0.399 e. The van der Waals surface area contributed by atoms with Crippen LogP contribution in [0.4, 0.5) is 11.7 Å². The van der Waals surface area contributed by atoms with Crippen LogP contribution >= 0.6 is 0 Å². The highest BCUT2D eigenvalue weighted by Gasteiger charge is 2.15. The molecule has 2 aromatic heterocycles. The van der Waals surface area contributed by atoms with Crippen LogP contribution in [0.15, 0.2) is 27.6 Å². The van der Waals surface area contributed by atoms with E-state index in [9.17, 15) is 10.1 Å². The number of aryl methyl sites for hydroxylation is 1. The molecule has 0 saturated heterocycles. The monoisotopic (exact) mass is 303 g/mol. The Labute approximate surface area is 127 Å². The van der Waals surface area contributed by atoms with Gasteiger partial charge in [0, 0.05) is 19.2 Å². The maximum atomic E-state index is 10.7. The van der Waals surface area contributed by atoms with Gasteiger partial charge in [-0.3, -0.25) is 10.1 Å². The van der Waals surface area contributed by atoms with Crippen molar-refractivity contribution in [3.05, 3.63) is 34.1 Å². The molecule has 8 nitrogen and oxygen atoms in total. The first-order chi connectivity index (χ1) is 10.5. The third-order valence-corrected chi connectivity index (χ3v) is 3.01. The molecule has 0 aliphatic rings. The predicted octanol–water partition coefficient (Wildman–Crippen LogP) is 2.95. The summed E-state index contributed by atoms with van der Waals surface area (Å²) in [6.07, 6.45) is 1.72. The maximum Gasteiger partial charge on any atom is 0.433 e. The summed E-state index contributed by atoms with van der Waals surface area (Å²) in [5.41, 5.74) is 0.465. The SMILES string of the molecule is CCN(C=Nc1cc(-c2ccc([N+](=O)[O-])o2)nc(C)n1)CC. The summed E-state index contributed by atoms with van der Waals surface area (Å²) in [7, 11) is 0. The van der Waals surface area contributed by atoms with Crippen molar-refractivity contribution in [2.24, 2.45) is 4.99 Å². The molecule has 8 heteroatoms. The van der Waals surface area contributed by atoms with Crippen molar-refractivity contribution in [1.82, 2.24) is 14.9 Å². The summed E-state index contributed by atoms with van der Waals surface area (Å²) in [6, 6.07) is 4.44. The fourth-order valence-electron chi connectivity index (χ4n) is 1.84. The Morgan fingerprint density at radius 3 is 2.68 bits per heavy atom. The largest absolute Gasteiger partial charge is 0.433 e. The van der Waals surface area contributed by atoms with Gasteiger partial charge in [-0.15, -0.1) is 0 Å². The molecule has 22 heavy (non-hydrogen) atoms. The second-order valence-electron chi connectivity index (χ2n) is 4.52. The number of hydrogen-bond acceptors (Lipinski definition) is 6. The van der Waals surface area contributed by atoms with Gasteiger partial charge in [0.25, 0.3) is 0 Å². The Kier molecular flexibility index (Phi) is 4.82. The highest BCUT2D eigenvalue weighted by Crippen LogP contribution is 2.26. The summed E-state index contributed by atoms with van der Waals surface area (Å²) in [6.45, 7) is 7.50. The van der Waals surface area contributed by atoms with E-state index in [2.05, 4.69) is 15.0 Å². The fourth-order valence-corrected chi connectivity index (χ4v) is 1.84. The molecule has 0 atom stereocenters. The van der Waals surface area contributed by atoms with Crippen LogP contribution in [-0.2, 0) is 0 Å². The standard InChI is InChI=1S/C14H17N5O3/c1-4-18(5-2)9-15-13-8-11(16-10(3)17-13)12-6-7-14(22-12)19(20)21/h6-9H,4-5H2,1-3H3. The van der Waals surface area contributed by atoms with E-state index in [1.54, 1.807) is 19.3 Å². The molecule has 2 rings (SSSR count). The van der Waals surface area contributed by atoms with Crippen molar-refractivity contribution in [2.45, 2.75) is 20.8 Å². The quantitative estimate of drug-likeness (QED) is 0.352. The first-order valence-electron chi connectivity index (χ1n) is 6.92. The van der Waals surface area contributed by atoms with Crippen LogP contribution in [0.25, 0.3) is 11.5 Å². The van der Waals surface area contributed by atoms with Crippen LogP contribution in [-0.4, -0.2) is 39.2 Å². The summed E-state index contributed by atoms with van der Waals surface area (Å²) in [5, 5.41) is 10.7. The number of hydrogen-bond donors (Lipinski definition) is 0. The van der Waals surface area contributed by atoms with Gasteiger partial charge >= 0.3 is 5.88 Å². The van der Waals surface area contributed by atoms with E-state index < -0.39 is 4.92 Å². The van der Waals surface area contributed by atoms with Crippen molar-refractivity contribution >= 4 is 18.0 Å². The van der Waals surface area contributed by atoms with Crippen molar-refractivity contribution in [3.8, 4) is 11.5 Å². The molecule has 0 unspecified atom stereocenters. The van der Waals surface area contributed by atoms with E-state index in [0.29, 0.717) is 23.1 Å².